The molecule has 0 aliphatic rings. The molecule has 3 nitrogen and oxygen atoms in total. The van der Waals surface area contributed by atoms with Gasteiger partial charge in [-0.15, -0.1) is 0 Å². The van der Waals surface area contributed by atoms with E-state index in [9.17, 15) is 5.11 Å². The van der Waals surface area contributed by atoms with Crippen molar-refractivity contribution in [2.45, 2.75) is 96.1 Å². The smallest absolute Gasteiger partial charge is 0.0894 e. The summed E-state index contributed by atoms with van der Waals surface area (Å²) in [6.07, 6.45) is 18.1. The lowest BCUT2D eigenvalue weighted by Gasteiger charge is -2.11. The van der Waals surface area contributed by atoms with Crippen LogP contribution in [0.25, 0.3) is 0 Å². The average Bonchev–Trinajstić information content (AvgIpc) is 2.50. The van der Waals surface area contributed by atoms with Gasteiger partial charge >= 0.3 is 0 Å². The van der Waals surface area contributed by atoms with Crippen molar-refractivity contribution in [2.24, 2.45) is 5.73 Å². The molecule has 0 saturated heterocycles. The molecular weight excluding hydrogens is 262 g/mol. The molecule has 0 saturated carbocycles. The van der Waals surface area contributed by atoms with E-state index in [0.717, 1.165) is 12.8 Å². The molecule has 0 aromatic carbocycles. The van der Waals surface area contributed by atoms with Crippen LogP contribution < -0.4 is 5.73 Å². The Morgan fingerprint density at radius 1 is 0.952 bits per heavy atom. The minimum Gasteiger partial charge on any atom is -0.395 e. The average molecular weight is 301 g/mol. The molecule has 0 amide bonds. The summed E-state index contributed by atoms with van der Waals surface area (Å²) < 4.78 is 7.02. The van der Waals surface area contributed by atoms with Gasteiger partial charge in [0.05, 0.1) is 20.1 Å². The van der Waals surface area contributed by atoms with Crippen LogP contribution in [-0.4, -0.2) is 28.9 Å². The summed E-state index contributed by atoms with van der Waals surface area (Å²) in [5.41, 5.74) is 5.47. The quantitative estimate of drug-likeness (QED) is 0.317. The van der Waals surface area contributed by atoms with Gasteiger partial charge in [0.25, 0.3) is 0 Å². The van der Waals surface area contributed by atoms with E-state index in [2.05, 4.69) is 6.92 Å². The van der Waals surface area contributed by atoms with Gasteiger partial charge in [-0.25, -0.2) is 0 Å². The fourth-order valence-electron chi connectivity index (χ4n) is 2.38. The maximum absolute atomic E-state index is 9.57. The normalized spacial score (nSPS) is 16.9. The van der Waals surface area contributed by atoms with Crippen LogP contribution in [0.3, 0.4) is 0 Å². The van der Waals surface area contributed by atoms with Crippen LogP contribution in [0.4, 0.5) is 0 Å². The number of hydrogen-bond donors (Lipinski definition) is 3. The van der Waals surface area contributed by atoms with Crippen molar-refractivity contribution in [2.75, 3.05) is 6.58 Å². The van der Waals surface area contributed by atoms with Gasteiger partial charge < -0.3 is 15.9 Å². The number of aliphatic hydroxyl groups excluding tert-OH is 2. The lowest BCUT2D eigenvalue weighted by atomic mass is 10.0. The molecule has 3 heteroatoms. The molecule has 0 rings (SSSR count). The highest BCUT2D eigenvalue weighted by molar-refractivity contribution is 4.93. The highest BCUT2D eigenvalue weighted by Gasteiger charge is 2.08. The molecule has 0 heterocycles. The monoisotopic (exact) mass is 300 g/mol. The molecule has 0 bridgehead atoms. The van der Waals surface area contributed by atoms with E-state index in [1.165, 1.54) is 64.2 Å². The van der Waals surface area contributed by atoms with E-state index in [1.807, 2.05) is 6.08 Å². The van der Waals surface area contributed by atoms with Crippen molar-refractivity contribution in [1.82, 2.24) is 0 Å². The Kier molecular flexibility index (Phi) is 14.2. The maximum atomic E-state index is 9.57. The molecule has 0 radical (unpaired) electrons. The number of nitrogens with two attached hydrogens (primary N) is 1. The van der Waals surface area contributed by atoms with Gasteiger partial charge in [0.15, 0.2) is 0 Å². The minimum absolute atomic E-state index is 0.923. The predicted octanol–water partition coefficient (Wildman–Crippen LogP) is 3.92. The summed E-state index contributed by atoms with van der Waals surface area (Å²) in [6, 6.07) is -0.923. The van der Waals surface area contributed by atoms with Crippen molar-refractivity contribution in [3.05, 3.63) is 12.2 Å². The molecule has 0 aliphatic carbocycles. The number of allylic oxidation sites excluding steroid dienone is 1. The molecule has 4 N–H and O–H groups in total. The zero-order valence-corrected chi connectivity index (χ0v) is 13.8. The number of hydrogen-bond acceptors (Lipinski definition) is 3. The van der Waals surface area contributed by atoms with Gasteiger partial charge in [0, 0.05) is 0 Å². The first-order chi connectivity index (χ1) is 10.6. The number of rotatable bonds is 15. The fourth-order valence-corrected chi connectivity index (χ4v) is 2.38. The first-order valence-electron chi connectivity index (χ1n) is 9.38. The second kappa shape index (κ2) is 16.0. The molecule has 0 aromatic heterocycles. The Balaban J connectivity index is 3.29. The molecule has 3 atom stereocenters. The lowest BCUT2D eigenvalue weighted by Crippen LogP contribution is -2.36. The van der Waals surface area contributed by atoms with E-state index in [0.29, 0.717) is 0 Å². The second-order valence-electron chi connectivity index (χ2n) is 5.97. The summed E-state index contributed by atoms with van der Waals surface area (Å²) >= 11 is 0. The van der Waals surface area contributed by atoms with Gasteiger partial charge in [-0.05, 0) is 12.8 Å². The zero-order chi connectivity index (χ0) is 16.6. The Morgan fingerprint density at radius 2 is 1.43 bits per heavy atom. The van der Waals surface area contributed by atoms with E-state index >= 15 is 0 Å². The SMILES string of the molecule is [2H]C(O)[C@H](N)[C@H](O)/C=C/CCCCCCCCCCCCC. The fraction of sp³-hybridized carbons (Fsp3) is 0.889. The first-order valence-corrected chi connectivity index (χ1v) is 8.80. The van der Waals surface area contributed by atoms with Crippen molar-refractivity contribution in [3.8, 4) is 0 Å². The molecule has 0 fully saturated rings. The summed E-state index contributed by atoms with van der Waals surface area (Å²) in [5, 5.41) is 18.5. The minimum atomic E-state index is -1.43. The van der Waals surface area contributed by atoms with Crippen LogP contribution in [0.5, 0.6) is 0 Å². The van der Waals surface area contributed by atoms with Gasteiger partial charge in [0.1, 0.15) is 0 Å². The topological polar surface area (TPSA) is 66.5 Å². The van der Waals surface area contributed by atoms with Crippen LogP contribution in [0.2, 0.25) is 0 Å². The summed E-state index contributed by atoms with van der Waals surface area (Å²) in [4.78, 5) is 0. The maximum Gasteiger partial charge on any atom is 0.0894 e. The Bertz CT molecular complexity index is 259. The van der Waals surface area contributed by atoms with Crippen LogP contribution in [-0.2, 0) is 0 Å². The largest absolute Gasteiger partial charge is 0.395 e. The Morgan fingerprint density at radius 3 is 1.90 bits per heavy atom. The standard InChI is InChI=1S/C18H37NO2/c1-2-3-4-5-6-7-8-9-10-11-12-13-14-15-18(21)17(19)16-20/h14-15,17-18,20-21H,2-13,16,19H2,1H3/b15-14+/t17-,18+/m0/s1/i16D/t16?,17-,18+. The Hall–Kier alpha value is -0.380. The molecule has 126 valence electrons. The van der Waals surface area contributed by atoms with Crippen LogP contribution in [0, 0.1) is 0 Å². The van der Waals surface area contributed by atoms with Crippen molar-refractivity contribution >= 4 is 0 Å². The van der Waals surface area contributed by atoms with Crippen LogP contribution in [0.1, 0.15) is 85.3 Å². The zero-order valence-electron chi connectivity index (χ0n) is 14.8. The predicted molar refractivity (Wildman–Crippen MR) is 91.3 cm³/mol. The third-order valence-corrected chi connectivity index (χ3v) is 3.87. The highest BCUT2D eigenvalue weighted by atomic mass is 16.3. The van der Waals surface area contributed by atoms with Crippen LogP contribution >= 0.6 is 0 Å². The van der Waals surface area contributed by atoms with E-state index in [4.69, 9.17) is 12.2 Å². The molecule has 21 heavy (non-hydrogen) atoms. The van der Waals surface area contributed by atoms with Gasteiger partial charge in [-0.3, -0.25) is 0 Å². The molecule has 1 unspecified atom stereocenters. The van der Waals surface area contributed by atoms with E-state index in [-0.39, 0.29) is 0 Å². The third-order valence-electron chi connectivity index (χ3n) is 3.87. The van der Waals surface area contributed by atoms with Crippen molar-refractivity contribution in [3.63, 3.8) is 0 Å². The van der Waals surface area contributed by atoms with Crippen LogP contribution in [0.15, 0.2) is 12.2 Å². The highest BCUT2D eigenvalue weighted by Crippen LogP contribution is 2.12. The van der Waals surface area contributed by atoms with Crippen molar-refractivity contribution < 1.29 is 11.6 Å². The molecule has 0 aromatic rings. The van der Waals surface area contributed by atoms with Gasteiger partial charge in [0.2, 0.25) is 0 Å². The summed E-state index contributed by atoms with van der Waals surface area (Å²) in [5.74, 6) is 0. The van der Waals surface area contributed by atoms with Gasteiger partial charge in [-0.1, -0.05) is 83.3 Å². The number of aliphatic hydroxyl groups is 2. The molecule has 0 aliphatic heterocycles. The summed E-state index contributed by atoms with van der Waals surface area (Å²) in [7, 11) is 0. The first kappa shape index (κ1) is 18.7. The Labute approximate surface area is 133 Å². The molecular formula is C18H37NO2. The van der Waals surface area contributed by atoms with E-state index in [1.54, 1.807) is 6.08 Å². The number of unbranched alkanes of at least 4 members (excludes halogenated alkanes) is 11. The third kappa shape index (κ3) is 14.3. The summed E-state index contributed by atoms with van der Waals surface area (Å²) in [6.45, 7) is 0.824. The molecule has 0 spiro atoms. The van der Waals surface area contributed by atoms with E-state index < -0.39 is 18.7 Å². The van der Waals surface area contributed by atoms with Crippen molar-refractivity contribution in [1.29, 1.82) is 0 Å². The van der Waals surface area contributed by atoms with Gasteiger partial charge in [-0.2, -0.15) is 0 Å². The lowest BCUT2D eigenvalue weighted by molar-refractivity contribution is 0.144. The second-order valence-corrected chi connectivity index (χ2v) is 5.97.